The highest BCUT2D eigenvalue weighted by atomic mass is 32.2. The van der Waals surface area contributed by atoms with Crippen LogP contribution in [0.15, 0.2) is 151 Å². The van der Waals surface area contributed by atoms with Crippen LogP contribution in [0.3, 0.4) is 0 Å². The summed E-state index contributed by atoms with van der Waals surface area (Å²) < 4.78 is 42.0. The SMILES string of the molecule is COc1ccc(C2=C[C@@H]3c4ccccc4[C@@H]([C@H](/C=C(\NS(=O)(=O)c4ccc(C)cc4)c4ccccc4)c4ccccc4)[C@@H]3C(=O)O2)cc1. The number of methoxy groups -OCH3 is 1. The molecule has 4 atom stereocenters. The van der Waals surface area contributed by atoms with Crippen LogP contribution in [0.25, 0.3) is 11.5 Å². The van der Waals surface area contributed by atoms with Crippen LogP contribution in [0.2, 0.25) is 0 Å². The van der Waals surface area contributed by atoms with E-state index >= 15 is 0 Å². The first-order valence-electron chi connectivity index (χ1n) is 15.9. The molecule has 0 aromatic heterocycles. The van der Waals surface area contributed by atoms with Crippen molar-refractivity contribution in [2.75, 3.05) is 7.11 Å². The summed E-state index contributed by atoms with van der Waals surface area (Å²) in [6, 6.07) is 41.8. The maximum atomic E-state index is 14.2. The number of benzene rings is 5. The predicted molar refractivity (Wildman–Crippen MR) is 188 cm³/mol. The second-order valence-corrected chi connectivity index (χ2v) is 13.9. The van der Waals surface area contributed by atoms with E-state index in [0.717, 1.165) is 33.6 Å². The normalized spacial score (nSPS) is 19.4. The Hall–Kier alpha value is -5.40. The van der Waals surface area contributed by atoms with Crippen molar-refractivity contribution in [3.8, 4) is 5.75 Å². The van der Waals surface area contributed by atoms with Gasteiger partial charge in [0, 0.05) is 23.3 Å². The number of aryl methyl sites for hydroxylation is 1. The Morgan fingerprint density at radius 2 is 1.42 bits per heavy atom. The van der Waals surface area contributed by atoms with Gasteiger partial charge in [0.25, 0.3) is 10.0 Å². The number of carbonyl (C=O) groups excluding carboxylic acids is 1. The molecule has 0 amide bonds. The zero-order chi connectivity index (χ0) is 33.3. The quantitative estimate of drug-likeness (QED) is 0.162. The topological polar surface area (TPSA) is 81.7 Å². The van der Waals surface area contributed by atoms with Crippen molar-refractivity contribution in [1.29, 1.82) is 0 Å². The molecule has 2 aliphatic rings. The molecule has 1 N–H and O–H groups in total. The summed E-state index contributed by atoms with van der Waals surface area (Å²) in [5.41, 5.74) is 5.96. The Bertz CT molecular complexity index is 2110. The summed E-state index contributed by atoms with van der Waals surface area (Å²) in [7, 11) is -2.33. The third-order valence-corrected chi connectivity index (χ3v) is 10.6. The highest BCUT2D eigenvalue weighted by molar-refractivity contribution is 7.89. The molecule has 6 nitrogen and oxygen atoms in total. The van der Waals surface area contributed by atoms with Crippen LogP contribution in [0.4, 0.5) is 0 Å². The Labute approximate surface area is 281 Å². The number of sulfonamides is 1. The van der Waals surface area contributed by atoms with Gasteiger partial charge in [0.15, 0.2) is 0 Å². The minimum atomic E-state index is -3.94. The van der Waals surface area contributed by atoms with Gasteiger partial charge in [-0.05, 0) is 71.7 Å². The van der Waals surface area contributed by atoms with Gasteiger partial charge in [0.2, 0.25) is 0 Å². The highest BCUT2D eigenvalue weighted by Crippen LogP contribution is 2.56. The molecule has 7 heteroatoms. The first-order chi connectivity index (χ1) is 23.3. The van der Waals surface area contributed by atoms with Gasteiger partial charge in [-0.25, -0.2) is 8.42 Å². The average molecular weight is 654 g/mol. The number of esters is 1. The van der Waals surface area contributed by atoms with Crippen LogP contribution in [0, 0.1) is 12.8 Å². The van der Waals surface area contributed by atoms with Crippen molar-refractivity contribution in [2.24, 2.45) is 5.92 Å². The maximum absolute atomic E-state index is 14.2. The summed E-state index contributed by atoms with van der Waals surface area (Å²) in [6.07, 6.45) is 4.02. The molecule has 48 heavy (non-hydrogen) atoms. The smallest absolute Gasteiger partial charge is 0.315 e. The van der Waals surface area contributed by atoms with Gasteiger partial charge in [-0.2, -0.15) is 0 Å². The average Bonchev–Trinajstić information content (AvgIpc) is 3.45. The summed E-state index contributed by atoms with van der Waals surface area (Å²) >= 11 is 0. The molecule has 1 aliphatic heterocycles. The van der Waals surface area contributed by atoms with E-state index in [1.165, 1.54) is 0 Å². The van der Waals surface area contributed by atoms with Crippen molar-refractivity contribution < 1.29 is 22.7 Å². The van der Waals surface area contributed by atoms with Crippen molar-refractivity contribution >= 4 is 27.4 Å². The summed E-state index contributed by atoms with van der Waals surface area (Å²) in [5.74, 6) is -0.563. The highest BCUT2D eigenvalue weighted by Gasteiger charge is 2.50. The second-order valence-electron chi connectivity index (χ2n) is 12.2. The lowest BCUT2D eigenvalue weighted by Gasteiger charge is -2.32. The molecule has 0 unspecified atom stereocenters. The van der Waals surface area contributed by atoms with E-state index in [4.69, 9.17) is 9.47 Å². The lowest BCUT2D eigenvalue weighted by Crippen LogP contribution is -2.30. The summed E-state index contributed by atoms with van der Waals surface area (Å²) in [6.45, 7) is 1.92. The van der Waals surface area contributed by atoms with E-state index in [0.29, 0.717) is 17.0 Å². The van der Waals surface area contributed by atoms with Crippen LogP contribution in [0.5, 0.6) is 5.75 Å². The Kier molecular flexibility index (Phi) is 8.46. The molecule has 1 aliphatic carbocycles. The zero-order valence-electron chi connectivity index (χ0n) is 26.6. The molecule has 240 valence electrons. The molecule has 0 bridgehead atoms. The van der Waals surface area contributed by atoms with Gasteiger partial charge in [-0.3, -0.25) is 9.52 Å². The standard InChI is InChI=1S/C41H35NO5S/c1-27-17-23-32(24-18-27)48(44,45)42-37(29-13-7-4-8-14-29)25-35(28-11-5-3-6-12-28)39-34-16-10-9-15-33(34)36-26-38(47-41(43)40(36)39)30-19-21-31(46-2)22-20-30/h3-26,35-36,39-40,42H,1-2H3/b37-25-/t35-,36-,39+,40-/m1/s1. The number of fused-ring (bicyclic) bond motifs is 3. The minimum Gasteiger partial charge on any atom is -0.497 e. The molecule has 1 heterocycles. The van der Waals surface area contributed by atoms with Gasteiger partial charge >= 0.3 is 5.97 Å². The molecule has 7 rings (SSSR count). The van der Waals surface area contributed by atoms with E-state index in [1.807, 2.05) is 110 Å². The van der Waals surface area contributed by atoms with Gasteiger partial charge < -0.3 is 9.47 Å². The Morgan fingerprint density at radius 1 is 0.792 bits per heavy atom. The number of hydrogen-bond acceptors (Lipinski definition) is 5. The molecule has 5 aromatic carbocycles. The Balaban J connectivity index is 1.37. The fraction of sp³-hybridized carbons (Fsp3) is 0.146. The first kappa shape index (κ1) is 31.2. The van der Waals surface area contributed by atoms with E-state index < -0.39 is 15.9 Å². The van der Waals surface area contributed by atoms with Crippen LogP contribution in [-0.2, 0) is 19.6 Å². The fourth-order valence-electron chi connectivity index (χ4n) is 6.91. The van der Waals surface area contributed by atoms with Crippen LogP contribution in [0.1, 0.15) is 51.1 Å². The zero-order valence-corrected chi connectivity index (χ0v) is 27.4. The molecule has 5 aromatic rings. The number of nitrogens with one attached hydrogen (secondary N) is 1. The number of cyclic esters (lactones) is 1. The minimum absolute atomic E-state index is 0.171. The van der Waals surface area contributed by atoms with Crippen LogP contribution < -0.4 is 9.46 Å². The van der Waals surface area contributed by atoms with Gasteiger partial charge in [-0.15, -0.1) is 0 Å². The lowest BCUT2D eigenvalue weighted by molar-refractivity contribution is -0.143. The number of ether oxygens (including phenoxy) is 2. The first-order valence-corrected chi connectivity index (χ1v) is 17.4. The van der Waals surface area contributed by atoms with Crippen molar-refractivity contribution in [3.05, 3.63) is 179 Å². The van der Waals surface area contributed by atoms with E-state index in [-0.39, 0.29) is 28.6 Å². The van der Waals surface area contributed by atoms with E-state index in [9.17, 15) is 13.2 Å². The summed E-state index contributed by atoms with van der Waals surface area (Å²) in [4.78, 5) is 14.3. The third kappa shape index (κ3) is 6.05. The van der Waals surface area contributed by atoms with Crippen molar-refractivity contribution in [1.82, 2.24) is 4.72 Å². The largest absolute Gasteiger partial charge is 0.497 e. The van der Waals surface area contributed by atoms with E-state index in [2.05, 4.69) is 22.9 Å². The number of allylic oxidation sites excluding steroid dienone is 2. The monoisotopic (exact) mass is 653 g/mol. The van der Waals surface area contributed by atoms with Crippen LogP contribution in [-0.4, -0.2) is 21.5 Å². The number of rotatable bonds is 9. The van der Waals surface area contributed by atoms with Crippen molar-refractivity contribution in [2.45, 2.75) is 29.6 Å². The van der Waals surface area contributed by atoms with Gasteiger partial charge in [0.1, 0.15) is 11.5 Å². The van der Waals surface area contributed by atoms with E-state index in [1.54, 1.807) is 31.4 Å². The van der Waals surface area contributed by atoms with Crippen molar-refractivity contribution in [3.63, 3.8) is 0 Å². The molecule has 0 fully saturated rings. The summed E-state index contributed by atoms with van der Waals surface area (Å²) in [5, 5.41) is 0. The molecule has 0 radical (unpaired) electrons. The maximum Gasteiger partial charge on any atom is 0.315 e. The third-order valence-electron chi connectivity index (χ3n) is 9.25. The number of carbonyl (C=O) groups is 1. The Morgan fingerprint density at radius 3 is 2.08 bits per heavy atom. The molecule has 0 spiro atoms. The molecule has 0 saturated heterocycles. The molecular formula is C41H35NO5S. The van der Waals surface area contributed by atoms with Gasteiger partial charge in [0.05, 0.1) is 23.6 Å². The fourth-order valence-corrected chi connectivity index (χ4v) is 7.99. The van der Waals surface area contributed by atoms with Crippen LogP contribution >= 0.6 is 0 Å². The number of hydrogen-bond donors (Lipinski definition) is 1. The molecule has 0 saturated carbocycles. The van der Waals surface area contributed by atoms with Gasteiger partial charge in [-0.1, -0.05) is 109 Å². The molecular weight excluding hydrogens is 619 g/mol. The lowest BCUT2D eigenvalue weighted by atomic mass is 9.74. The second kappa shape index (κ2) is 13.0. The predicted octanol–water partition coefficient (Wildman–Crippen LogP) is 8.20.